The molecular formula is C4H12N2O3S. The molecule has 1 aliphatic rings. The molecule has 0 aromatic carbocycles. The Morgan fingerprint density at radius 1 is 1.00 bits per heavy atom. The summed E-state index contributed by atoms with van der Waals surface area (Å²) in [7, 11) is 0. The van der Waals surface area contributed by atoms with Crippen molar-refractivity contribution in [2.75, 3.05) is 26.2 Å². The van der Waals surface area contributed by atoms with Gasteiger partial charge in [0.25, 0.3) is 11.4 Å². The summed E-state index contributed by atoms with van der Waals surface area (Å²) in [5.74, 6) is 0. The number of piperazine rings is 1. The van der Waals surface area contributed by atoms with Gasteiger partial charge < -0.3 is 10.6 Å². The van der Waals surface area contributed by atoms with E-state index in [1.165, 1.54) is 0 Å². The Morgan fingerprint density at radius 2 is 1.20 bits per heavy atom. The van der Waals surface area contributed by atoms with Crippen LogP contribution in [0.4, 0.5) is 0 Å². The summed E-state index contributed by atoms with van der Waals surface area (Å²) < 4.78 is 22.8. The van der Waals surface area contributed by atoms with Crippen LogP contribution in [0.25, 0.3) is 0 Å². The normalized spacial score (nSPS) is 17.9. The second kappa shape index (κ2) is 7.10. The van der Waals surface area contributed by atoms with Crippen molar-refractivity contribution in [3.05, 3.63) is 0 Å². The number of rotatable bonds is 0. The van der Waals surface area contributed by atoms with Crippen LogP contribution in [0.2, 0.25) is 0 Å². The first kappa shape index (κ1) is 9.99. The minimum Gasteiger partial charge on any atom is -0.314 e. The Bertz CT molecular complexity index is 81.0. The quantitative estimate of drug-likeness (QED) is 0.344. The summed E-state index contributed by atoms with van der Waals surface area (Å²) in [6, 6.07) is 0. The first-order valence-corrected chi connectivity index (χ1v) is 4.01. The van der Waals surface area contributed by atoms with E-state index >= 15 is 0 Å². The molecule has 1 rings (SSSR count). The van der Waals surface area contributed by atoms with Gasteiger partial charge in [-0.3, -0.25) is 9.11 Å². The predicted molar refractivity (Wildman–Crippen MR) is 39.1 cm³/mol. The Hall–Kier alpha value is -0.0100. The molecule has 1 aliphatic heterocycles. The van der Waals surface area contributed by atoms with E-state index in [9.17, 15) is 0 Å². The topological polar surface area (TPSA) is 81.6 Å². The molecule has 0 aromatic heterocycles. The van der Waals surface area contributed by atoms with E-state index < -0.39 is 11.4 Å². The van der Waals surface area contributed by atoms with Gasteiger partial charge in [-0.25, -0.2) is 0 Å². The van der Waals surface area contributed by atoms with Gasteiger partial charge in [-0.2, -0.15) is 4.21 Å². The lowest BCUT2D eigenvalue weighted by Gasteiger charge is -2.11. The molecule has 10 heavy (non-hydrogen) atoms. The van der Waals surface area contributed by atoms with Gasteiger partial charge >= 0.3 is 0 Å². The van der Waals surface area contributed by atoms with Crippen LogP contribution in [-0.2, 0) is 11.4 Å². The maximum absolute atomic E-state index is 8.67. The molecule has 4 N–H and O–H groups in total. The molecule has 62 valence electrons. The molecule has 6 heteroatoms. The molecule has 0 saturated carbocycles. The van der Waals surface area contributed by atoms with E-state index in [1.807, 2.05) is 0 Å². The zero-order valence-electron chi connectivity index (χ0n) is 5.54. The SMILES string of the molecule is C1CNCCN1.O=S(O)O. The van der Waals surface area contributed by atoms with E-state index in [-0.39, 0.29) is 0 Å². The molecule has 1 heterocycles. The molecule has 0 unspecified atom stereocenters. The summed E-state index contributed by atoms with van der Waals surface area (Å²) in [5, 5.41) is 6.44. The van der Waals surface area contributed by atoms with Crippen molar-refractivity contribution in [3.8, 4) is 0 Å². The highest BCUT2D eigenvalue weighted by atomic mass is 32.2. The predicted octanol–water partition coefficient (Wildman–Crippen LogP) is -1.14. The smallest absolute Gasteiger partial charge is 0.299 e. The van der Waals surface area contributed by atoms with Crippen LogP contribution in [0, 0.1) is 0 Å². The monoisotopic (exact) mass is 168 g/mol. The van der Waals surface area contributed by atoms with Gasteiger partial charge in [0.1, 0.15) is 0 Å². The molecule has 1 saturated heterocycles. The van der Waals surface area contributed by atoms with Crippen LogP contribution in [0.15, 0.2) is 0 Å². The molecule has 0 spiro atoms. The largest absolute Gasteiger partial charge is 0.314 e. The minimum atomic E-state index is -2.61. The van der Waals surface area contributed by atoms with Gasteiger partial charge in [-0.05, 0) is 0 Å². The van der Waals surface area contributed by atoms with E-state index in [2.05, 4.69) is 10.6 Å². The van der Waals surface area contributed by atoms with Crippen LogP contribution < -0.4 is 10.6 Å². The average Bonchev–Trinajstić information content (AvgIpc) is 1.90. The van der Waals surface area contributed by atoms with Gasteiger partial charge in [0.2, 0.25) is 0 Å². The van der Waals surface area contributed by atoms with E-state index in [1.54, 1.807) is 0 Å². The zero-order chi connectivity index (χ0) is 7.82. The first-order chi connectivity index (χ1) is 4.73. The van der Waals surface area contributed by atoms with E-state index in [0.29, 0.717) is 0 Å². The summed E-state index contributed by atoms with van der Waals surface area (Å²) in [6.45, 7) is 4.56. The highest BCUT2D eigenvalue weighted by molar-refractivity contribution is 7.73. The van der Waals surface area contributed by atoms with Crippen molar-refractivity contribution in [1.29, 1.82) is 0 Å². The Morgan fingerprint density at radius 3 is 1.30 bits per heavy atom. The number of hydrogen-bond donors (Lipinski definition) is 4. The van der Waals surface area contributed by atoms with E-state index in [4.69, 9.17) is 13.3 Å². The second-order valence-electron chi connectivity index (χ2n) is 1.73. The maximum Gasteiger partial charge on any atom is 0.299 e. The fourth-order valence-electron chi connectivity index (χ4n) is 0.604. The summed E-state index contributed by atoms with van der Waals surface area (Å²) in [6.07, 6.45) is 0. The van der Waals surface area contributed by atoms with Crippen molar-refractivity contribution >= 4 is 11.4 Å². The Kier molecular flexibility index (Phi) is 7.09. The lowest BCUT2D eigenvalue weighted by atomic mass is 10.4. The van der Waals surface area contributed by atoms with Crippen molar-refractivity contribution in [2.45, 2.75) is 0 Å². The van der Waals surface area contributed by atoms with Gasteiger partial charge in [0.05, 0.1) is 0 Å². The van der Waals surface area contributed by atoms with Gasteiger partial charge in [-0.1, -0.05) is 0 Å². The van der Waals surface area contributed by atoms with Crippen molar-refractivity contribution in [3.63, 3.8) is 0 Å². The third kappa shape index (κ3) is 10.9. The Balaban J connectivity index is 0.000000180. The molecule has 0 bridgehead atoms. The summed E-state index contributed by atoms with van der Waals surface area (Å²) in [4.78, 5) is 0. The van der Waals surface area contributed by atoms with Gasteiger partial charge in [0, 0.05) is 26.2 Å². The fraction of sp³-hybridized carbons (Fsp3) is 1.00. The second-order valence-corrected chi connectivity index (χ2v) is 2.19. The highest BCUT2D eigenvalue weighted by Crippen LogP contribution is 1.65. The van der Waals surface area contributed by atoms with Gasteiger partial charge in [-0.15, -0.1) is 0 Å². The molecule has 5 nitrogen and oxygen atoms in total. The van der Waals surface area contributed by atoms with Crippen LogP contribution in [0.5, 0.6) is 0 Å². The number of hydrogen-bond acceptors (Lipinski definition) is 3. The van der Waals surface area contributed by atoms with Crippen LogP contribution in [-0.4, -0.2) is 39.5 Å². The van der Waals surface area contributed by atoms with Gasteiger partial charge in [0.15, 0.2) is 0 Å². The highest BCUT2D eigenvalue weighted by Gasteiger charge is 1.91. The van der Waals surface area contributed by atoms with Crippen LogP contribution >= 0.6 is 0 Å². The minimum absolute atomic E-state index is 1.14. The third-order valence-electron chi connectivity index (χ3n) is 0.957. The molecular weight excluding hydrogens is 156 g/mol. The van der Waals surface area contributed by atoms with Crippen molar-refractivity contribution < 1.29 is 13.3 Å². The zero-order valence-corrected chi connectivity index (χ0v) is 6.36. The molecule has 0 atom stereocenters. The average molecular weight is 168 g/mol. The summed E-state index contributed by atoms with van der Waals surface area (Å²) in [5.41, 5.74) is 0. The third-order valence-corrected chi connectivity index (χ3v) is 0.957. The lowest BCUT2D eigenvalue weighted by molar-refractivity contribution is 0.454. The lowest BCUT2D eigenvalue weighted by Crippen LogP contribution is -2.39. The molecule has 0 amide bonds. The van der Waals surface area contributed by atoms with Crippen LogP contribution in [0.3, 0.4) is 0 Å². The number of nitrogens with one attached hydrogen (secondary N) is 2. The Labute approximate surface area is 62.3 Å². The first-order valence-electron chi connectivity index (χ1n) is 2.95. The summed E-state index contributed by atoms with van der Waals surface area (Å²) >= 11 is -2.61. The van der Waals surface area contributed by atoms with Crippen LogP contribution in [0.1, 0.15) is 0 Å². The standard InChI is InChI=1S/C4H10N2.H2O3S/c1-2-6-4-3-5-1;1-4(2)3/h5-6H,1-4H2;(H2,1,2,3). The van der Waals surface area contributed by atoms with Crippen molar-refractivity contribution in [2.24, 2.45) is 0 Å². The van der Waals surface area contributed by atoms with Crippen molar-refractivity contribution in [1.82, 2.24) is 10.6 Å². The molecule has 0 aromatic rings. The molecule has 0 radical (unpaired) electrons. The van der Waals surface area contributed by atoms with E-state index in [0.717, 1.165) is 26.2 Å². The maximum atomic E-state index is 8.67. The molecule has 1 fully saturated rings. The fourth-order valence-corrected chi connectivity index (χ4v) is 0.604. The molecule has 0 aliphatic carbocycles.